The Hall–Kier alpha value is -2.36. The zero-order valence-electron chi connectivity index (χ0n) is 11.8. The van der Waals surface area contributed by atoms with Crippen LogP contribution >= 0.6 is 0 Å². The average molecular weight is 284 g/mol. The highest BCUT2D eigenvalue weighted by molar-refractivity contribution is 6.00. The number of hydrogen-bond donors (Lipinski definition) is 1. The summed E-state index contributed by atoms with van der Waals surface area (Å²) in [6.45, 7) is 3.09. The van der Waals surface area contributed by atoms with Crippen molar-refractivity contribution in [2.45, 2.75) is 12.8 Å². The third-order valence-electron chi connectivity index (χ3n) is 3.85. The minimum Gasteiger partial charge on any atom is -0.384 e. The zero-order chi connectivity index (χ0) is 14.8. The molecule has 0 aromatic heterocycles. The maximum atomic E-state index is 13.0. The van der Waals surface area contributed by atoms with Crippen LogP contribution in [0.4, 0.5) is 15.8 Å². The lowest BCUT2D eigenvalue weighted by Gasteiger charge is -2.24. The number of anilines is 2. The highest BCUT2D eigenvalue weighted by atomic mass is 19.1. The maximum absolute atomic E-state index is 13.0. The smallest absolute Gasteiger partial charge is 0.236 e. The lowest BCUT2D eigenvalue weighted by molar-refractivity contribution is -0.119. The molecule has 0 aliphatic carbocycles. The summed E-state index contributed by atoms with van der Waals surface area (Å²) in [6.07, 6.45) is 0. The second-order valence-corrected chi connectivity index (χ2v) is 5.08. The first-order chi connectivity index (χ1) is 10.2. The Labute approximate surface area is 123 Å². The van der Waals surface area contributed by atoms with Gasteiger partial charge in [-0.25, -0.2) is 4.39 Å². The van der Waals surface area contributed by atoms with E-state index in [9.17, 15) is 9.18 Å². The van der Waals surface area contributed by atoms with Crippen LogP contribution < -0.4 is 10.2 Å². The summed E-state index contributed by atoms with van der Waals surface area (Å²) in [6, 6.07) is 13.9. The van der Waals surface area contributed by atoms with Gasteiger partial charge in [-0.1, -0.05) is 18.2 Å². The van der Waals surface area contributed by atoms with Gasteiger partial charge in [0.1, 0.15) is 5.82 Å². The second-order valence-electron chi connectivity index (χ2n) is 5.08. The first kappa shape index (κ1) is 13.6. The molecule has 1 heterocycles. The summed E-state index contributed by atoms with van der Waals surface area (Å²) in [7, 11) is 0. The molecule has 1 aliphatic heterocycles. The number of para-hydroxylation sites is 1. The van der Waals surface area contributed by atoms with Gasteiger partial charge in [-0.3, -0.25) is 4.79 Å². The van der Waals surface area contributed by atoms with Crippen molar-refractivity contribution in [1.29, 1.82) is 0 Å². The van der Waals surface area contributed by atoms with Gasteiger partial charge >= 0.3 is 0 Å². The Morgan fingerprint density at radius 2 is 1.95 bits per heavy atom. The van der Waals surface area contributed by atoms with Crippen LogP contribution in [0.2, 0.25) is 0 Å². The number of hydrogen-bond acceptors (Lipinski definition) is 2. The Bertz CT molecular complexity index is 654. The summed E-state index contributed by atoms with van der Waals surface area (Å²) in [4.78, 5) is 14.5. The predicted octanol–water partition coefficient (Wildman–Crippen LogP) is 3.39. The minimum atomic E-state index is -0.296. The molecule has 1 unspecified atom stereocenters. The lowest BCUT2D eigenvalue weighted by atomic mass is 9.99. The van der Waals surface area contributed by atoms with E-state index in [0.717, 1.165) is 16.9 Å². The first-order valence-corrected chi connectivity index (χ1v) is 7.10. The summed E-state index contributed by atoms with van der Waals surface area (Å²) in [5, 5.41) is 3.26. The van der Waals surface area contributed by atoms with Crippen LogP contribution in [0.15, 0.2) is 48.5 Å². The molecule has 1 amide bonds. The Kier molecular flexibility index (Phi) is 3.60. The van der Waals surface area contributed by atoms with Gasteiger partial charge in [0.05, 0.1) is 5.92 Å². The predicted molar refractivity (Wildman–Crippen MR) is 82.1 cm³/mol. The van der Waals surface area contributed by atoms with E-state index in [4.69, 9.17) is 0 Å². The number of carbonyl (C=O) groups excluding carboxylic acids is 1. The van der Waals surface area contributed by atoms with Crippen LogP contribution in [0, 0.1) is 5.82 Å². The fourth-order valence-electron chi connectivity index (χ4n) is 2.78. The molecule has 3 nitrogen and oxygen atoms in total. The standard InChI is InChI=1S/C17H17FN2O/c1-2-20(13-9-7-12(18)8-10-13)17(21)15-11-19-16-6-4-3-5-14(15)16/h3-10,15,19H,2,11H2,1H3. The van der Waals surface area contributed by atoms with Crippen LogP contribution in [0.5, 0.6) is 0 Å². The van der Waals surface area contributed by atoms with E-state index in [1.807, 2.05) is 31.2 Å². The van der Waals surface area contributed by atoms with E-state index in [0.29, 0.717) is 13.1 Å². The number of likely N-dealkylation sites (N-methyl/N-ethyl adjacent to an activating group) is 1. The maximum Gasteiger partial charge on any atom is 0.236 e. The molecule has 0 spiro atoms. The van der Waals surface area contributed by atoms with Gasteiger partial charge in [0.2, 0.25) is 5.91 Å². The normalized spacial score (nSPS) is 16.2. The van der Waals surface area contributed by atoms with E-state index in [1.54, 1.807) is 17.0 Å². The number of carbonyl (C=O) groups is 1. The fraction of sp³-hybridized carbons (Fsp3) is 0.235. The molecule has 4 heteroatoms. The first-order valence-electron chi connectivity index (χ1n) is 7.10. The van der Waals surface area contributed by atoms with Gasteiger partial charge in [-0.2, -0.15) is 0 Å². The molecule has 1 atom stereocenters. The number of nitrogens with one attached hydrogen (secondary N) is 1. The Balaban J connectivity index is 1.88. The summed E-state index contributed by atoms with van der Waals surface area (Å²) < 4.78 is 13.0. The van der Waals surface area contributed by atoms with Crippen molar-refractivity contribution in [2.75, 3.05) is 23.3 Å². The lowest BCUT2D eigenvalue weighted by Crippen LogP contribution is -2.35. The molecule has 2 aromatic carbocycles. The van der Waals surface area contributed by atoms with E-state index in [-0.39, 0.29) is 17.6 Å². The third-order valence-corrected chi connectivity index (χ3v) is 3.85. The second kappa shape index (κ2) is 5.56. The van der Waals surface area contributed by atoms with Crippen LogP contribution in [-0.2, 0) is 4.79 Å². The summed E-state index contributed by atoms with van der Waals surface area (Å²) >= 11 is 0. The number of nitrogens with zero attached hydrogens (tertiary/aromatic N) is 1. The number of fused-ring (bicyclic) bond motifs is 1. The van der Waals surface area contributed by atoms with Gasteiger partial charge in [-0.05, 0) is 42.8 Å². The summed E-state index contributed by atoms with van der Waals surface area (Å²) in [5.74, 6) is -0.442. The molecule has 0 saturated heterocycles. The van der Waals surface area contributed by atoms with Crippen molar-refractivity contribution in [3.8, 4) is 0 Å². The molecule has 0 fully saturated rings. The van der Waals surface area contributed by atoms with Crippen molar-refractivity contribution in [3.63, 3.8) is 0 Å². The SMILES string of the molecule is CCN(C(=O)C1CNc2ccccc21)c1ccc(F)cc1. The van der Waals surface area contributed by atoms with Gasteiger partial charge in [0, 0.05) is 24.5 Å². The molecule has 0 saturated carbocycles. The molecular formula is C17H17FN2O. The molecule has 0 bridgehead atoms. The zero-order valence-corrected chi connectivity index (χ0v) is 11.8. The van der Waals surface area contributed by atoms with Gasteiger partial charge in [0.15, 0.2) is 0 Å². The van der Waals surface area contributed by atoms with E-state index in [2.05, 4.69) is 5.32 Å². The van der Waals surface area contributed by atoms with Gasteiger partial charge in [0.25, 0.3) is 0 Å². The Morgan fingerprint density at radius 1 is 1.24 bits per heavy atom. The molecule has 21 heavy (non-hydrogen) atoms. The van der Waals surface area contributed by atoms with Crippen molar-refractivity contribution in [1.82, 2.24) is 0 Å². The van der Waals surface area contributed by atoms with E-state index >= 15 is 0 Å². The quantitative estimate of drug-likeness (QED) is 0.937. The van der Waals surface area contributed by atoms with Crippen molar-refractivity contribution >= 4 is 17.3 Å². The number of rotatable bonds is 3. The van der Waals surface area contributed by atoms with Crippen LogP contribution in [0.1, 0.15) is 18.4 Å². The van der Waals surface area contributed by atoms with E-state index in [1.165, 1.54) is 12.1 Å². The number of amides is 1. The molecule has 3 rings (SSSR count). The fourth-order valence-corrected chi connectivity index (χ4v) is 2.78. The van der Waals surface area contributed by atoms with Crippen molar-refractivity contribution in [3.05, 3.63) is 59.9 Å². The monoisotopic (exact) mass is 284 g/mol. The molecular weight excluding hydrogens is 267 g/mol. The topological polar surface area (TPSA) is 32.3 Å². The van der Waals surface area contributed by atoms with Crippen LogP contribution in [0.3, 0.4) is 0 Å². The number of halogens is 1. The largest absolute Gasteiger partial charge is 0.384 e. The van der Waals surface area contributed by atoms with Crippen LogP contribution in [-0.4, -0.2) is 19.0 Å². The van der Waals surface area contributed by atoms with E-state index < -0.39 is 0 Å². The van der Waals surface area contributed by atoms with Gasteiger partial charge in [-0.15, -0.1) is 0 Å². The number of benzene rings is 2. The van der Waals surface area contributed by atoms with Crippen molar-refractivity contribution in [2.24, 2.45) is 0 Å². The van der Waals surface area contributed by atoms with Crippen LogP contribution in [0.25, 0.3) is 0 Å². The minimum absolute atomic E-state index is 0.0431. The molecule has 108 valence electrons. The molecule has 1 N–H and O–H groups in total. The highest BCUT2D eigenvalue weighted by Gasteiger charge is 2.31. The summed E-state index contributed by atoms with van der Waals surface area (Å²) in [5.41, 5.74) is 2.78. The highest BCUT2D eigenvalue weighted by Crippen LogP contribution is 2.33. The Morgan fingerprint density at radius 3 is 2.67 bits per heavy atom. The molecule has 0 radical (unpaired) electrons. The molecule has 2 aromatic rings. The van der Waals surface area contributed by atoms with Gasteiger partial charge < -0.3 is 10.2 Å². The molecule has 1 aliphatic rings. The van der Waals surface area contributed by atoms with Crippen molar-refractivity contribution < 1.29 is 9.18 Å². The average Bonchev–Trinajstić information content (AvgIpc) is 2.94. The third kappa shape index (κ3) is 2.49.